The highest BCUT2D eigenvalue weighted by atomic mass is 16.5. The summed E-state index contributed by atoms with van der Waals surface area (Å²) >= 11 is 0. The summed E-state index contributed by atoms with van der Waals surface area (Å²) in [5, 5.41) is 3.09. The maximum Gasteiger partial charge on any atom is 0.258 e. The molecule has 5 nitrogen and oxygen atoms in total. The highest BCUT2D eigenvalue weighted by Crippen LogP contribution is 2.25. The molecule has 0 spiro atoms. The largest absolute Gasteiger partial charge is 0.493 e. The first-order chi connectivity index (χ1) is 13.1. The summed E-state index contributed by atoms with van der Waals surface area (Å²) in [5.41, 5.74) is 2.65. The molecule has 1 N–H and O–H groups in total. The summed E-state index contributed by atoms with van der Waals surface area (Å²) in [5.74, 6) is 1.14. The molecule has 0 bridgehead atoms. The summed E-state index contributed by atoms with van der Waals surface area (Å²) in [4.78, 5) is 14.7. The summed E-state index contributed by atoms with van der Waals surface area (Å²) in [6, 6.07) is 16.2. The van der Waals surface area contributed by atoms with Gasteiger partial charge in [-0.3, -0.25) is 9.69 Å². The highest BCUT2D eigenvalue weighted by Gasteiger charge is 2.21. The summed E-state index contributed by atoms with van der Waals surface area (Å²) < 4.78 is 10.8. The van der Waals surface area contributed by atoms with Gasteiger partial charge in [0.15, 0.2) is 18.1 Å². The topological polar surface area (TPSA) is 50.8 Å². The third kappa shape index (κ3) is 5.73. The molecule has 1 saturated heterocycles. The molecular formula is C22H28N2O3. The number of aryl methyl sites for hydroxylation is 1. The van der Waals surface area contributed by atoms with Crippen molar-refractivity contribution in [1.82, 2.24) is 10.2 Å². The lowest BCUT2D eigenvalue weighted by molar-refractivity contribution is -0.124. The van der Waals surface area contributed by atoms with E-state index in [0.717, 1.165) is 32.5 Å². The monoisotopic (exact) mass is 368 g/mol. The smallest absolute Gasteiger partial charge is 0.258 e. The molecule has 0 aliphatic carbocycles. The number of benzene rings is 2. The van der Waals surface area contributed by atoms with Crippen molar-refractivity contribution < 1.29 is 14.3 Å². The van der Waals surface area contributed by atoms with Crippen molar-refractivity contribution in [3.05, 3.63) is 59.7 Å². The van der Waals surface area contributed by atoms with Gasteiger partial charge in [-0.1, -0.05) is 42.0 Å². The second-order valence-corrected chi connectivity index (χ2v) is 7.05. The van der Waals surface area contributed by atoms with Crippen LogP contribution >= 0.6 is 0 Å². The molecule has 3 rings (SSSR count). The van der Waals surface area contributed by atoms with Crippen molar-refractivity contribution in [3.8, 4) is 11.5 Å². The van der Waals surface area contributed by atoms with Crippen molar-refractivity contribution in [2.24, 2.45) is 0 Å². The van der Waals surface area contributed by atoms with Gasteiger partial charge in [-0.05, 0) is 37.5 Å². The lowest BCUT2D eigenvalue weighted by Crippen LogP contribution is -2.45. The number of ether oxygens (including phenoxy) is 2. The molecule has 0 radical (unpaired) electrons. The highest BCUT2D eigenvalue weighted by molar-refractivity contribution is 5.78. The van der Waals surface area contributed by atoms with Gasteiger partial charge in [0.2, 0.25) is 0 Å². The minimum Gasteiger partial charge on any atom is -0.493 e. The average Bonchev–Trinajstić information content (AvgIpc) is 2.68. The second-order valence-electron chi connectivity index (χ2n) is 7.05. The van der Waals surface area contributed by atoms with Gasteiger partial charge >= 0.3 is 0 Å². The Morgan fingerprint density at radius 2 is 1.85 bits per heavy atom. The number of carbonyl (C=O) groups is 1. The van der Waals surface area contributed by atoms with Crippen LogP contribution in [0.15, 0.2) is 48.5 Å². The number of rotatable bonds is 7. The van der Waals surface area contributed by atoms with Crippen LogP contribution in [0.1, 0.15) is 24.0 Å². The lowest BCUT2D eigenvalue weighted by Gasteiger charge is -2.32. The van der Waals surface area contributed by atoms with E-state index in [-0.39, 0.29) is 18.6 Å². The van der Waals surface area contributed by atoms with Gasteiger partial charge in [-0.15, -0.1) is 0 Å². The standard InChI is InChI=1S/C22H28N2O3/c1-17-6-5-7-18(14-17)15-24-12-10-19(11-13-24)23-22(25)16-27-21-9-4-3-8-20(21)26-2/h3-9,14,19H,10-13,15-16H2,1-2H3,(H,23,25). The van der Waals surface area contributed by atoms with E-state index >= 15 is 0 Å². The quantitative estimate of drug-likeness (QED) is 0.816. The Morgan fingerprint density at radius 3 is 2.56 bits per heavy atom. The number of hydrogen-bond donors (Lipinski definition) is 1. The van der Waals surface area contributed by atoms with E-state index in [2.05, 4.69) is 41.4 Å². The van der Waals surface area contributed by atoms with Crippen LogP contribution in [0.2, 0.25) is 0 Å². The van der Waals surface area contributed by atoms with E-state index in [9.17, 15) is 4.79 Å². The van der Waals surface area contributed by atoms with Gasteiger partial charge in [-0.25, -0.2) is 0 Å². The van der Waals surface area contributed by atoms with Crippen LogP contribution < -0.4 is 14.8 Å². The summed E-state index contributed by atoms with van der Waals surface area (Å²) in [6.45, 7) is 5.08. The predicted molar refractivity (Wildman–Crippen MR) is 106 cm³/mol. The first-order valence-electron chi connectivity index (χ1n) is 9.47. The lowest BCUT2D eigenvalue weighted by atomic mass is 10.0. The minimum atomic E-state index is -0.0851. The molecule has 144 valence electrons. The van der Waals surface area contributed by atoms with Gasteiger partial charge in [0.25, 0.3) is 5.91 Å². The Bertz CT molecular complexity index is 755. The van der Waals surface area contributed by atoms with Crippen LogP contribution in [0.4, 0.5) is 0 Å². The number of carbonyl (C=O) groups excluding carboxylic acids is 1. The predicted octanol–water partition coefficient (Wildman–Crippen LogP) is 3.16. The molecule has 0 aromatic heterocycles. The Kier molecular flexibility index (Phi) is 6.71. The molecule has 2 aromatic carbocycles. The fourth-order valence-corrected chi connectivity index (χ4v) is 3.45. The third-order valence-electron chi connectivity index (χ3n) is 4.87. The SMILES string of the molecule is COc1ccccc1OCC(=O)NC1CCN(Cc2cccc(C)c2)CC1. The summed E-state index contributed by atoms with van der Waals surface area (Å²) in [7, 11) is 1.59. The number of methoxy groups -OCH3 is 1. The molecule has 0 saturated carbocycles. The van der Waals surface area contributed by atoms with Crippen LogP contribution in [-0.2, 0) is 11.3 Å². The Morgan fingerprint density at radius 1 is 1.11 bits per heavy atom. The number of nitrogens with one attached hydrogen (secondary N) is 1. The molecule has 1 fully saturated rings. The molecular weight excluding hydrogens is 340 g/mol. The fraction of sp³-hybridized carbons (Fsp3) is 0.409. The number of hydrogen-bond acceptors (Lipinski definition) is 4. The fourth-order valence-electron chi connectivity index (χ4n) is 3.45. The molecule has 1 amide bonds. The molecule has 5 heteroatoms. The number of nitrogens with zero attached hydrogens (tertiary/aromatic N) is 1. The van der Waals surface area contributed by atoms with E-state index < -0.39 is 0 Å². The van der Waals surface area contributed by atoms with Gasteiger partial charge in [0.05, 0.1) is 7.11 Å². The molecule has 1 aliphatic rings. The number of amides is 1. The van der Waals surface area contributed by atoms with Crippen LogP contribution in [0.5, 0.6) is 11.5 Å². The first-order valence-corrected chi connectivity index (χ1v) is 9.47. The van der Waals surface area contributed by atoms with E-state index in [1.54, 1.807) is 13.2 Å². The molecule has 0 unspecified atom stereocenters. The Balaban J connectivity index is 1.40. The third-order valence-corrected chi connectivity index (χ3v) is 4.87. The van der Waals surface area contributed by atoms with Gasteiger partial charge in [0, 0.05) is 25.7 Å². The maximum absolute atomic E-state index is 12.2. The van der Waals surface area contributed by atoms with E-state index in [0.29, 0.717) is 11.5 Å². The normalized spacial score (nSPS) is 15.3. The van der Waals surface area contributed by atoms with Crippen molar-refractivity contribution in [3.63, 3.8) is 0 Å². The second kappa shape index (κ2) is 9.42. The zero-order valence-corrected chi connectivity index (χ0v) is 16.1. The average molecular weight is 368 g/mol. The van der Waals surface area contributed by atoms with Crippen molar-refractivity contribution >= 4 is 5.91 Å². The summed E-state index contributed by atoms with van der Waals surface area (Å²) in [6.07, 6.45) is 1.93. The van der Waals surface area contributed by atoms with Crippen LogP contribution in [0.25, 0.3) is 0 Å². The number of para-hydroxylation sites is 2. The van der Waals surface area contributed by atoms with Crippen molar-refractivity contribution in [2.45, 2.75) is 32.4 Å². The van der Waals surface area contributed by atoms with Crippen LogP contribution in [-0.4, -0.2) is 43.7 Å². The molecule has 0 atom stereocenters. The Hall–Kier alpha value is -2.53. The maximum atomic E-state index is 12.2. The van der Waals surface area contributed by atoms with Gasteiger partial charge in [0.1, 0.15) is 0 Å². The van der Waals surface area contributed by atoms with Gasteiger partial charge in [-0.2, -0.15) is 0 Å². The molecule has 1 aliphatic heterocycles. The number of piperidine rings is 1. The van der Waals surface area contributed by atoms with Gasteiger partial charge < -0.3 is 14.8 Å². The van der Waals surface area contributed by atoms with Crippen LogP contribution in [0.3, 0.4) is 0 Å². The zero-order valence-electron chi connectivity index (χ0n) is 16.1. The van der Waals surface area contributed by atoms with Crippen molar-refractivity contribution in [1.29, 1.82) is 0 Å². The molecule has 27 heavy (non-hydrogen) atoms. The van der Waals surface area contributed by atoms with Crippen molar-refractivity contribution in [2.75, 3.05) is 26.8 Å². The Labute approximate surface area is 161 Å². The number of likely N-dealkylation sites (tertiary alicyclic amines) is 1. The van der Waals surface area contributed by atoms with E-state index in [4.69, 9.17) is 9.47 Å². The van der Waals surface area contributed by atoms with E-state index in [1.807, 2.05) is 18.2 Å². The van der Waals surface area contributed by atoms with E-state index in [1.165, 1.54) is 11.1 Å². The zero-order chi connectivity index (χ0) is 19.1. The molecule has 1 heterocycles. The molecule has 2 aromatic rings. The van der Waals surface area contributed by atoms with Crippen LogP contribution in [0, 0.1) is 6.92 Å². The first kappa shape index (κ1) is 19.2. The minimum absolute atomic E-state index is 0.00385.